The van der Waals surface area contributed by atoms with Gasteiger partial charge in [0.15, 0.2) is 0 Å². The third-order valence-electron chi connectivity index (χ3n) is 3.76. The highest BCUT2D eigenvalue weighted by Crippen LogP contribution is 2.26. The summed E-state index contributed by atoms with van der Waals surface area (Å²) in [6, 6.07) is 0. The van der Waals surface area contributed by atoms with Crippen molar-refractivity contribution in [1.29, 1.82) is 0 Å². The molecule has 0 saturated heterocycles. The quantitative estimate of drug-likeness (QED) is 0.505. The number of ether oxygens (including phenoxy) is 2. The molecular formula is C19H28N4O2. The van der Waals surface area contributed by atoms with E-state index in [4.69, 9.17) is 15.2 Å². The van der Waals surface area contributed by atoms with Crippen molar-refractivity contribution in [2.45, 2.75) is 40.4 Å². The van der Waals surface area contributed by atoms with Crippen molar-refractivity contribution < 1.29 is 9.47 Å². The maximum Gasteiger partial charge on any atom is 0.150 e. The Labute approximate surface area is 149 Å². The third-order valence-corrected chi connectivity index (χ3v) is 3.76. The molecule has 0 saturated carbocycles. The smallest absolute Gasteiger partial charge is 0.150 e. The van der Waals surface area contributed by atoms with Crippen molar-refractivity contribution in [2.75, 3.05) is 18.9 Å². The van der Waals surface area contributed by atoms with Crippen LogP contribution in [0, 0.1) is 5.92 Å². The highest BCUT2D eigenvalue weighted by atomic mass is 16.5. The Kier molecular flexibility index (Phi) is 7.16. The lowest BCUT2D eigenvalue weighted by Gasteiger charge is -2.10. The van der Waals surface area contributed by atoms with E-state index in [9.17, 15) is 0 Å². The van der Waals surface area contributed by atoms with Gasteiger partial charge < -0.3 is 20.2 Å². The Morgan fingerprint density at radius 3 is 2.72 bits per heavy atom. The summed E-state index contributed by atoms with van der Waals surface area (Å²) in [7, 11) is 0. The number of fused-ring (bicyclic) bond motifs is 1. The standard InChI is InChI=1S/C19H28N4O2/c1-5-7-8-15-14(11-25-10-9-13(3)4)17-18(19(20)21-15)23-16(22-17)12-24-6-2/h5,7-8,13H,1,6,9-12H2,2-4H3,(H2,20,21)(H,22,23)/b8-7-. The summed E-state index contributed by atoms with van der Waals surface area (Å²) in [5.41, 5.74) is 9.30. The molecule has 0 bridgehead atoms. The summed E-state index contributed by atoms with van der Waals surface area (Å²) in [6.07, 6.45) is 6.43. The number of nitrogens with zero attached hydrogens (tertiary/aromatic N) is 2. The second-order valence-corrected chi connectivity index (χ2v) is 6.24. The van der Waals surface area contributed by atoms with Gasteiger partial charge in [0.25, 0.3) is 0 Å². The number of pyridine rings is 1. The maximum atomic E-state index is 6.11. The summed E-state index contributed by atoms with van der Waals surface area (Å²) >= 11 is 0. The first kappa shape index (κ1) is 19.1. The number of nitrogens with two attached hydrogens (primary N) is 1. The molecule has 0 fully saturated rings. The van der Waals surface area contributed by atoms with Gasteiger partial charge in [0.05, 0.1) is 12.3 Å². The highest BCUT2D eigenvalue weighted by Gasteiger charge is 2.16. The summed E-state index contributed by atoms with van der Waals surface area (Å²) < 4.78 is 11.3. The number of aromatic amines is 1. The SMILES string of the molecule is C=C/C=C\c1nc(N)c2[nH]c(COCC)nc2c1COCCC(C)C. The molecule has 136 valence electrons. The summed E-state index contributed by atoms with van der Waals surface area (Å²) in [4.78, 5) is 12.4. The van der Waals surface area contributed by atoms with Crippen LogP contribution in [0.15, 0.2) is 18.7 Å². The van der Waals surface area contributed by atoms with Gasteiger partial charge in [-0.25, -0.2) is 9.97 Å². The predicted octanol–water partition coefficient (Wildman–Crippen LogP) is 3.84. The summed E-state index contributed by atoms with van der Waals surface area (Å²) in [5.74, 6) is 1.76. The van der Waals surface area contributed by atoms with Crippen LogP contribution in [-0.4, -0.2) is 28.2 Å². The van der Waals surface area contributed by atoms with Crippen LogP contribution in [0.25, 0.3) is 17.1 Å². The van der Waals surface area contributed by atoms with Gasteiger partial charge in [-0.3, -0.25) is 0 Å². The Morgan fingerprint density at radius 2 is 2.04 bits per heavy atom. The number of nitrogens with one attached hydrogen (secondary N) is 1. The number of hydrogen-bond acceptors (Lipinski definition) is 5. The minimum Gasteiger partial charge on any atom is -0.382 e. The van der Waals surface area contributed by atoms with E-state index in [-0.39, 0.29) is 0 Å². The lowest BCUT2D eigenvalue weighted by atomic mass is 10.1. The van der Waals surface area contributed by atoms with E-state index in [2.05, 4.69) is 35.4 Å². The second-order valence-electron chi connectivity index (χ2n) is 6.24. The molecule has 25 heavy (non-hydrogen) atoms. The average molecular weight is 344 g/mol. The molecule has 0 atom stereocenters. The zero-order chi connectivity index (χ0) is 18.2. The van der Waals surface area contributed by atoms with Crippen molar-refractivity contribution >= 4 is 22.9 Å². The molecule has 0 spiro atoms. The van der Waals surface area contributed by atoms with E-state index < -0.39 is 0 Å². The topological polar surface area (TPSA) is 86.0 Å². The Bertz CT molecular complexity index is 735. The highest BCUT2D eigenvalue weighted by molar-refractivity contribution is 5.89. The Hall–Kier alpha value is -2.18. The molecule has 3 N–H and O–H groups in total. The van der Waals surface area contributed by atoms with Crippen LogP contribution in [0.4, 0.5) is 5.82 Å². The first-order valence-corrected chi connectivity index (χ1v) is 8.68. The van der Waals surface area contributed by atoms with Crippen LogP contribution in [0.1, 0.15) is 44.3 Å². The number of aromatic nitrogens is 3. The number of H-pyrrole nitrogens is 1. The van der Waals surface area contributed by atoms with E-state index in [1.54, 1.807) is 6.08 Å². The van der Waals surface area contributed by atoms with Crippen LogP contribution in [0.3, 0.4) is 0 Å². The molecule has 0 radical (unpaired) electrons. The minimum absolute atomic E-state index is 0.413. The molecule has 0 amide bonds. The molecule has 0 aliphatic rings. The second kappa shape index (κ2) is 9.34. The van der Waals surface area contributed by atoms with Crippen molar-refractivity contribution in [3.05, 3.63) is 35.8 Å². The van der Waals surface area contributed by atoms with Gasteiger partial charge in [0.2, 0.25) is 0 Å². The van der Waals surface area contributed by atoms with Gasteiger partial charge in [-0.2, -0.15) is 0 Å². The summed E-state index contributed by atoms with van der Waals surface area (Å²) in [5, 5.41) is 0. The van der Waals surface area contributed by atoms with E-state index in [0.29, 0.717) is 38.2 Å². The van der Waals surface area contributed by atoms with Gasteiger partial charge in [-0.05, 0) is 25.3 Å². The van der Waals surface area contributed by atoms with E-state index in [1.165, 1.54) is 0 Å². The van der Waals surface area contributed by atoms with E-state index in [0.717, 1.165) is 34.5 Å². The van der Waals surface area contributed by atoms with Crippen molar-refractivity contribution in [3.8, 4) is 0 Å². The van der Waals surface area contributed by atoms with Gasteiger partial charge in [0, 0.05) is 18.8 Å². The monoisotopic (exact) mass is 344 g/mol. The van der Waals surface area contributed by atoms with Gasteiger partial charge >= 0.3 is 0 Å². The molecule has 2 rings (SSSR count). The minimum atomic E-state index is 0.413. The molecule has 0 unspecified atom stereocenters. The molecule has 0 aromatic carbocycles. The number of hydrogen-bond donors (Lipinski definition) is 2. The van der Waals surface area contributed by atoms with Crippen LogP contribution in [0.5, 0.6) is 0 Å². The number of anilines is 1. The predicted molar refractivity (Wildman–Crippen MR) is 102 cm³/mol. The lowest BCUT2D eigenvalue weighted by molar-refractivity contribution is 0.111. The Balaban J connectivity index is 2.37. The van der Waals surface area contributed by atoms with Crippen LogP contribution < -0.4 is 5.73 Å². The number of rotatable bonds is 10. The van der Waals surface area contributed by atoms with Gasteiger partial charge in [-0.15, -0.1) is 0 Å². The zero-order valence-corrected chi connectivity index (χ0v) is 15.3. The average Bonchev–Trinajstić information content (AvgIpc) is 3.01. The van der Waals surface area contributed by atoms with Crippen LogP contribution in [0.2, 0.25) is 0 Å². The molecular weight excluding hydrogens is 316 g/mol. The first-order chi connectivity index (χ1) is 12.1. The van der Waals surface area contributed by atoms with Crippen molar-refractivity contribution in [2.24, 2.45) is 5.92 Å². The molecule has 0 aliphatic carbocycles. The largest absolute Gasteiger partial charge is 0.382 e. The van der Waals surface area contributed by atoms with Crippen molar-refractivity contribution in [1.82, 2.24) is 15.0 Å². The van der Waals surface area contributed by atoms with E-state index >= 15 is 0 Å². The fourth-order valence-electron chi connectivity index (χ4n) is 2.40. The zero-order valence-electron chi connectivity index (χ0n) is 15.3. The molecule has 6 heteroatoms. The lowest BCUT2D eigenvalue weighted by Crippen LogP contribution is -2.04. The summed E-state index contributed by atoms with van der Waals surface area (Å²) in [6.45, 7) is 12.2. The molecule has 2 heterocycles. The van der Waals surface area contributed by atoms with Crippen LogP contribution >= 0.6 is 0 Å². The molecule has 2 aromatic heterocycles. The Morgan fingerprint density at radius 1 is 1.24 bits per heavy atom. The van der Waals surface area contributed by atoms with Gasteiger partial charge in [0.1, 0.15) is 29.3 Å². The first-order valence-electron chi connectivity index (χ1n) is 8.68. The fourth-order valence-corrected chi connectivity index (χ4v) is 2.40. The number of nitrogen functional groups attached to an aromatic ring is 1. The number of allylic oxidation sites excluding steroid dienone is 2. The van der Waals surface area contributed by atoms with E-state index in [1.807, 2.05) is 19.1 Å². The van der Waals surface area contributed by atoms with Crippen molar-refractivity contribution in [3.63, 3.8) is 0 Å². The van der Waals surface area contributed by atoms with Gasteiger partial charge in [-0.1, -0.05) is 32.6 Å². The molecule has 0 aliphatic heterocycles. The normalized spacial score (nSPS) is 11.8. The van der Waals surface area contributed by atoms with Crippen LogP contribution in [-0.2, 0) is 22.7 Å². The maximum absolute atomic E-state index is 6.11. The fraction of sp³-hybridized carbons (Fsp3) is 0.474. The molecule has 6 nitrogen and oxygen atoms in total. The third kappa shape index (κ3) is 5.14. The number of imidazole rings is 1. The molecule has 2 aromatic rings.